The maximum absolute atomic E-state index is 12.8. The molecule has 1 aromatic carbocycles. The third-order valence-electron chi connectivity index (χ3n) is 2.44. The summed E-state index contributed by atoms with van der Waals surface area (Å²) in [5.41, 5.74) is 6.62. The molecular formula is C10H11ClFN. The lowest BCUT2D eigenvalue weighted by atomic mass is 10.1. The van der Waals surface area contributed by atoms with Crippen LogP contribution in [0.25, 0.3) is 0 Å². The van der Waals surface area contributed by atoms with Crippen LogP contribution in [0.15, 0.2) is 18.2 Å². The van der Waals surface area contributed by atoms with Gasteiger partial charge in [0.1, 0.15) is 5.82 Å². The van der Waals surface area contributed by atoms with Crippen LogP contribution in [0.2, 0.25) is 5.02 Å². The van der Waals surface area contributed by atoms with E-state index in [-0.39, 0.29) is 11.4 Å². The van der Waals surface area contributed by atoms with Crippen LogP contribution < -0.4 is 5.73 Å². The normalized spacial score (nSPS) is 18.7. The molecule has 0 bridgehead atoms. The van der Waals surface area contributed by atoms with E-state index in [1.807, 2.05) is 0 Å². The summed E-state index contributed by atoms with van der Waals surface area (Å²) in [5, 5.41) is 0.609. The zero-order valence-electron chi connectivity index (χ0n) is 7.19. The van der Waals surface area contributed by atoms with Crippen molar-refractivity contribution in [3.8, 4) is 0 Å². The van der Waals surface area contributed by atoms with E-state index in [0.717, 1.165) is 18.4 Å². The molecule has 1 aliphatic carbocycles. The lowest BCUT2D eigenvalue weighted by Gasteiger charge is -2.09. The molecule has 0 spiro atoms. The Morgan fingerprint density at radius 2 is 2.15 bits per heavy atom. The molecule has 0 heterocycles. The van der Waals surface area contributed by atoms with Crippen molar-refractivity contribution >= 4 is 11.6 Å². The van der Waals surface area contributed by atoms with E-state index in [9.17, 15) is 4.39 Å². The van der Waals surface area contributed by atoms with Crippen molar-refractivity contribution in [3.63, 3.8) is 0 Å². The second-order valence-corrected chi connectivity index (χ2v) is 4.18. The molecule has 0 saturated heterocycles. The van der Waals surface area contributed by atoms with Crippen LogP contribution in [-0.4, -0.2) is 5.54 Å². The minimum absolute atomic E-state index is 0.114. The second-order valence-electron chi connectivity index (χ2n) is 3.77. The Morgan fingerprint density at radius 1 is 1.46 bits per heavy atom. The average molecular weight is 200 g/mol. The molecule has 0 aliphatic heterocycles. The first-order chi connectivity index (χ1) is 6.09. The van der Waals surface area contributed by atoms with E-state index in [1.54, 1.807) is 6.07 Å². The first kappa shape index (κ1) is 8.97. The van der Waals surface area contributed by atoms with Gasteiger partial charge in [0, 0.05) is 10.6 Å². The van der Waals surface area contributed by atoms with Gasteiger partial charge in [-0.15, -0.1) is 0 Å². The van der Waals surface area contributed by atoms with Crippen LogP contribution in [0.3, 0.4) is 0 Å². The van der Waals surface area contributed by atoms with Crippen LogP contribution in [-0.2, 0) is 6.42 Å². The van der Waals surface area contributed by atoms with Gasteiger partial charge in [-0.3, -0.25) is 0 Å². The van der Waals surface area contributed by atoms with E-state index >= 15 is 0 Å². The van der Waals surface area contributed by atoms with Gasteiger partial charge in [-0.2, -0.15) is 0 Å². The number of nitrogens with two attached hydrogens (primary N) is 1. The maximum Gasteiger partial charge on any atom is 0.123 e. The molecular weight excluding hydrogens is 189 g/mol. The molecule has 1 nitrogen and oxygen atoms in total. The van der Waals surface area contributed by atoms with Crippen molar-refractivity contribution in [1.29, 1.82) is 0 Å². The predicted molar refractivity (Wildman–Crippen MR) is 51.3 cm³/mol. The number of hydrogen-bond acceptors (Lipinski definition) is 1. The van der Waals surface area contributed by atoms with Gasteiger partial charge in [-0.05, 0) is 43.0 Å². The highest BCUT2D eigenvalue weighted by Crippen LogP contribution is 2.37. The molecule has 0 aromatic heterocycles. The molecule has 1 aromatic rings. The van der Waals surface area contributed by atoms with Crippen molar-refractivity contribution < 1.29 is 4.39 Å². The van der Waals surface area contributed by atoms with E-state index < -0.39 is 0 Å². The molecule has 2 N–H and O–H groups in total. The van der Waals surface area contributed by atoms with E-state index in [1.165, 1.54) is 12.1 Å². The fourth-order valence-corrected chi connectivity index (χ4v) is 1.58. The van der Waals surface area contributed by atoms with Crippen molar-refractivity contribution in [2.75, 3.05) is 0 Å². The van der Waals surface area contributed by atoms with Crippen molar-refractivity contribution in [1.82, 2.24) is 0 Å². The molecule has 1 saturated carbocycles. The van der Waals surface area contributed by atoms with Gasteiger partial charge < -0.3 is 5.73 Å². The summed E-state index contributed by atoms with van der Waals surface area (Å²) in [5.74, 6) is -0.247. The summed E-state index contributed by atoms with van der Waals surface area (Å²) >= 11 is 5.91. The molecule has 0 atom stereocenters. The van der Waals surface area contributed by atoms with Crippen molar-refractivity contribution in [2.24, 2.45) is 5.73 Å². The third-order valence-corrected chi connectivity index (χ3v) is 2.81. The standard InChI is InChI=1S/C10H11ClFN/c11-9-2-1-8(12)5-7(9)6-10(13)3-4-10/h1-2,5H,3-4,6,13H2. The van der Waals surface area contributed by atoms with Crippen LogP contribution in [0.1, 0.15) is 18.4 Å². The molecule has 13 heavy (non-hydrogen) atoms. The van der Waals surface area contributed by atoms with Crippen LogP contribution in [0.5, 0.6) is 0 Å². The molecule has 0 radical (unpaired) electrons. The summed E-state index contributed by atoms with van der Waals surface area (Å²) in [6.07, 6.45) is 2.71. The zero-order valence-corrected chi connectivity index (χ0v) is 7.94. The smallest absolute Gasteiger partial charge is 0.123 e. The minimum atomic E-state index is -0.247. The van der Waals surface area contributed by atoms with Gasteiger partial charge in [0.2, 0.25) is 0 Å². The Kier molecular flexibility index (Phi) is 2.05. The van der Waals surface area contributed by atoms with E-state index in [4.69, 9.17) is 17.3 Å². The molecule has 1 aliphatic rings. The largest absolute Gasteiger partial charge is 0.325 e. The van der Waals surface area contributed by atoms with Gasteiger partial charge in [-0.25, -0.2) is 4.39 Å². The Labute approximate surface area is 81.7 Å². The second kappa shape index (κ2) is 2.96. The van der Waals surface area contributed by atoms with Gasteiger partial charge in [0.15, 0.2) is 0 Å². The Hall–Kier alpha value is -0.600. The Morgan fingerprint density at radius 3 is 2.77 bits per heavy atom. The van der Waals surface area contributed by atoms with Crippen molar-refractivity contribution in [3.05, 3.63) is 34.6 Å². The summed E-state index contributed by atoms with van der Waals surface area (Å²) in [6, 6.07) is 4.41. The van der Waals surface area contributed by atoms with Gasteiger partial charge >= 0.3 is 0 Å². The van der Waals surface area contributed by atoms with Crippen LogP contribution >= 0.6 is 11.6 Å². The highest BCUT2D eigenvalue weighted by Gasteiger charge is 2.38. The van der Waals surface area contributed by atoms with Crippen molar-refractivity contribution in [2.45, 2.75) is 24.8 Å². The number of rotatable bonds is 2. The number of benzene rings is 1. The number of hydrogen-bond donors (Lipinski definition) is 1. The lowest BCUT2D eigenvalue weighted by molar-refractivity contribution is 0.618. The number of halogens is 2. The van der Waals surface area contributed by atoms with Gasteiger partial charge in [0.05, 0.1) is 0 Å². The molecule has 3 heteroatoms. The topological polar surface area (TPSA) is 26.0 Å². The molecule has 1 fully saturated rings. The lowest BCUT2D eigenvalue weighted by Crippen LogP contribution is -2.24. The Balaban J connectivity index is 2.23. The fraction of sp³-hybridized carbons (Fsp3) is 0.400. The Bertz CT molecular complexity index is 334. The van der Waals surface area contributed by atoms with Crippen LogP contribution in [0, 0.1) is 5.82 Å². The maximum atomic E-state index is 12.8. The summed E-state index contributed by atoms with van der Waals surface area (Å²) in [4.78, 5) is 0. The quantitative estimate of drug-likeness (QED) is 0.778. The summed E-state index contributed by atoms with van der Waals surface area (Å²) < 4.78 is 12.8. The minimum Gasteiger partial charge on any atom is -0.325 e. The highest BCUT2D eigenvalue weighted by atomic mass is 35.5. The highest BCUT2D eigenvalue weighted by molar-refractivity contribution is 6.31. The molecule has 2 rings (SSSR count). The first-order valence-electron chi connectivity index (χ1n) is 4.32. The van der Waals surface area contributed by atoms with Crippen LogP contribution in [0.4, 0.5) is 4.39 Å². The first-order valence-corrected chi connectivity index (χ1v) is 4.70. The average Bonchev–Trinajstić information content (AvgIpc) is 2.76. The monoisotopic (exact) mass is 199 g/mol. The molecule has 0 amide bonds. The van der Waals surface area contributed by atoms with Gasteiger partial charge in [-0.1, -0.05) is 11.6 Å². The zero-order chi connectivity index (χ0) is 9.47. The predicted octanol–water partition coefficient (Wildman–Crippen LogP) is 2.51. The van der Waals surface area contributed by atoms with E-state index in [2.05, 4.69) is 0 Å². The summed E-state index contributed by atoms with van der Waals surface area (Å²) in [6.45, 7) is 0. The fourth-order valence-electron chi connectivity index (χ4n) is 1.40. The molecule has 70 valence electrons. The van der Waals surface area contributed by atoms with E-state index in [0.29, 0.717) is 11.4 Å². The summed E-state index contributed by atoms with van der Waals surface area (Å²) in [7, 11) is 0. The van der Waals surface area contributed by atoms with Gasteiger partial charge in [0.25, 0.3) is 0 Å². The third kappa shape index (κ3) is 2.01. The SMILES string of the molecule is NC1(Cc2cc(F)ccc2Cl)CC1. The molecule has 0 unspecified atom stereocenters.